The van der Waals surface area contributed by atoms with E-state index in [9.17, 15) is 4.79 Å². The fourth-order valence-electron chi connectivity index (χ4n) is 3.20. The van der Waals surface area contributed by atoms with Crippen molar-refractivity contribution in [3.8, 4) is 11.8 Å². The number of aromatic nitrogens is 2. The van der Waals surface area contributed by atoms with Crippen LogP contribution in [0.25, 0.3) is 11.1 Å². The molecular weight excluding hydrogens is 340 g/mol. The number of benzene rings is 1. The summed E-state index contributed by atoms with van der Waals surface area (Å²) in [6.07, 6.45) is 3.90. The smallest absolute Gasteiger partial charge is 0.234 e. The second-order valence-electron chi connectivity index (χ2n) is 7.54. The summed E-state index contributed by atoms with van der Waals surface area (Å²) in [5.41, 5.74) is 3.99. The number of amides is 1. The molecule has 0 atom stereocenters. The lowest BCUT2D eigenvalue weighted by molar-refractivity contribution is -0.119. The topological polar surface area (TPSA) is 80.0 Å². The molecule has 0 unspecified atom stereocenters. The fourth-order valence-corrected chi connectivity index (χ4v) is 3.20. The van der Waals surface area contributed by atoms with Gasteiger partial charge in [-0.05, 0) is 50.3 Å². The van der Waals surface area contributed by atoms with Crippen LogP contribution in [0.4, 0.5) is 17.3 Å². The van der Waals surface area contributed by atoms with Gasteiger partial charge in [0.1, 0.15) is 5.52 Å². The van der Waals surface area contributed by atoms with E-state index in [1.807, 2.05) is 32.0 Å². The number of nitrogens with one attached hydrogen (secondary N) is 2. The van der Waals surface area contributed by atoms with Gasteiger partial charge < -0.3 is 15.1 Å². The van der Waals surface area contributed by atoms with E-state index in [1.165, 1.54) is 0 Å². The van der Waals surface area contributed by atoms with Crippen molar-refractivity contribution in [2.24, 2.45) is 5.92 Å². The summed E-state index contributed by atoms with van der Waals surface area (Å²) in [5.74, 6) is 7.28. The lowest BCUT2D eigenvalue weighted by Crippen LogP contribution is -2.26. The van der Waals surface area contributed by atoms with Crippen molar-refractivity contribution >= 4 is 34.3 Å². The first-order chi connectivity index (χ1) is 13.0. The number of rotatable bonds is 2. The van der Waals surface area contributed by atoms with Crippen molar-refractivity contribution in [2.45, 2.75) is 32.1 Å². The van der Waals surface area contributed by atoms with Crippen molar-refractivity contribution in [1.82, 2.24) is 9.97 Å². The maximum atomic E-state index is 12.1. The highest BCUT2D eigenvalue weighted by Crippen LogP contribution is 2.39. The van der Waals surface area contributed by atoms with Gasteiger partial charge in [0.2, 0.25) is 11.9 Å². The molecule has 2 aromatic heterocycles. The molecule has 134 valence electrons. The van der Waals surface area contributed by atoms with Gasteiger partial charge in [0.05, 0.1) is 11.7 Å². The van der Waals surface area contributed by atoms with E-state index in [0.717, 1.165) is 29.8 Å². The van der Waals surface area contributed by atoms with E-state index in [2.05, 4.69) is 32.4 Å². The zero-order chi connectivity index (χ0) is 18.6. The predicted molar refractivity (Wildman–Crippen MR) is 103 cm³/mol. The van der Waals surface area contributed by atoms with Crippen LogP contribution >= 0.6 is 0 Å². The van der Waals surface area contributed by atoms with E-state index < -0.39 is 5.41 Å². The quantitative estimate of drug-likeness (QED) is 0.678. The van der Waals surface area contributed by atoms with Gasteiger partial charge in [-0.2, -0.15) is 0 Å². The Morgan fingerprint density at radius 1 is 1.26 bits per heavy atom. The molecule has 1 amide bonds. The highest BCUT2D eigenvalue weighted by atomic mass is 16.3. The Morgan fingerprint density at radius 2 is 2.11 bits per heavy atom. The van der Waals surface area contributed by atoms with Crippen molar-refractivity contribution in [3.05, 3.63) is 41.8 Å². The molecular formula is C21H18N4O2. The third-order valence-electron chi connectivity index (χ3n) is 5.04. The molecule has 2 aliphatic rings. The number of anilines is 3. The first-order valence-electron chi connectivity index (χ1n) is 9.00. The first kappa shape index (κ1) is 15.9. The lowest BCUT2D eigenvalue weighted by atomic mass is 9.86. The summed E-state index contributed by atoms with van der Waals surface area (Å²) in [7, 11) is 0. The molecule has 6 heteroatoms. The average molecular weight is 358 g/mol. The SMILES string of the molecule is CC1(C)C(=O)Nc2cc(Nc3nc(C#CC4CC4)c4occc4n3)ccc21. The van der Waals surface area contributed by atoms with E-state index in [-0.39, 0.29) is 5.91 Å². The summed E-state index contributed by atoms with van der Waals surface area (Å²) in [6.45, 7) is 3.84. The first-order valence-corrected chi connectivity index (χ1v) is 9.00. The molecule has 3 aromatic rings. The van der Waals surface area contributed by atoms with Crippen molar-refractivity contribution in [1.29, 1.82) is 0 Å². The van der Waals surface area contributed by atoms with Gasteiger partial charge in [-0.15, -0.1) is 0 Å². The number of hydrogen-bond acceptors (Lipinski definition) is 5. The second-order valence-corrected chi connectivity index (χ2v) is 7.54. The largest absolute Gasteiger partial charge is 0.460 e. The number of fused-ring (bicyclic) bond motifs is 2. The van der Waals surface area contributed by atoms with Crippen LogP contribution in [-0.4, -0.2) is 15.9 Å². The Hall–Kier alpha value is -3.33. The zero-order valence-electron chi connectivity index (χ0n) is 15.1. The normalized spacial score (nSPS) is 17.2. The zero-order valence-corrected chi connectivity index (χ0v) is 15.1. The molecule has 0 saturated heterocycles. The van der Waals surface area contributed by atoms with Crippen LogP contribution in [0.15, 0.2) is 34.9 Å². The highest BCUT2D eigenvalue weighted by Gasteiger charge is 2.38. The van der Waals surface area contributed by atoms with Crippen LogP contribution in [0.1, 0.15) is 37.9 Å². The van der Waals surface area contributed by atoms with E-state index in [1.54, 1.807) is 12.3 Å². The van der Waals surface area contributed by atoms with E-state index in [0.29, 0.717) is 28.7 Å². The van der Waals surface area contributed by atoms with Gasteiger partial charge in [-0.1, -0.05) is 12.0 Å². The minimum atomic E-state index is -0.522. The standard InChI is InChI=1S/C21H18N4O2/c1-21(2)14-7-6-13(11-17(14)23-19(21)26)22-20-24-15(8-5-12-3-4-12)18-16(25-20)9-10-27-18/h6-7,9-12H,3-4H2,1-2H3,(H,23,26)(H,22,24,25). The van der Waals surface area contributed by atoms with Crippen LogP contribution in [0.3, 0.4) is 0 Å². The second kappa shape index (κ2) is 5.58. The molecule has 5 rings (SSSR count). The molecule has 0 spiro atoms. The van der Waals surface area contributed by atoms with Crippen LogP contribution in [-0.2, 0) is 10.2 Å². The van der Waals surface area contributed by atoms with Crippen molar-refractivity contribution < 1.29 is 9.21 Å². The summed E-state index contributed by atoms with van der Waals surface area (Å²) in [4.78, 5) is 21.2. The Labute approximate surface area is 156 Å². The van der Waals surface area contributed by atoms with Crippen LogP contribution in [0.5, 0.6) is 0 Å². The van der Waals surface area contributed by atoms with Crippen LogP contribution < -0.4 is 10.6 Å². The van der Waals surface area contributed by atoms with Gasteiger partial charge in [0, 0.05) is 23.4 Å². The molecule has 0 bridgehead atoms. The van der Waals surface area contributed by atoms with Gasteiger partial charge in [0.25, 0.3) is 0 Å². The third-order valence-corrected chi connectivity index (χ3v) is 5.04. The molecule has 1 aliphatic heterocycles. The molecule has 1 fully saturated rings. The number of nitrogens with zero attached hydrogens (tertiary/aromatic N) is 2. The molecule has 2 N–H and O–H groups in total. The van der Waals surface area contributed by atoms with Crippen LogP contribution in [0.2, 0.25) is 0 Å². The van der Waals surface area contributed by atoms with Gasteiger partial charge in [0.15, 0.2) is 11.3 Å². The molecule has 6 nitrogen and oxygen atoms in total. The maximum absolute atomic E-state index is 12.1. The summed E-state index contributed by atoms with van der Waals surface area (Å²) >= 11 is 0. The number of carbonyl (C=O) groups excluding carboxylic acids is 1. The Balaban J connectivity index is 1.50. The van der Waals surface area contributed by atoms with Gasteiger partial charge in [-0.25, -0.2) is 9.97 Å². The summed E-state index contributed by atoms with van der Waals surface area (Å²) in [5, 5.41) is 6.15. The molecule has 0 radical (unpaired) electrons. The molecule has 1 aromatic carbocycles. The fraction of sp³-hybridized carbons (Fsp3) is 0.286. The Kier molecular flexibility index (Phi) is 3.28. The minimum Gasteiger partial charge on any atom is -0.460 e. The molecule has 3 heterocycles. The average Bonchev–Trinajstić information content (AvgIpc) is 3.29. The van der Waals surface area contributed by atoms with E-state index in [4.69, 9.17) is 4.42 Å². The lowest BCUT2D eigenvalue weighted by Gasteiger charge is -2.15. The summed E-state index contributed by atoms with van der Waals surface area (Å²) in [6, 6.07) is 7.59. The Morgan fingerprint density at radius 3 is 2.93 bits per heavy atom. The highest BCUT2D eigenvalue weighted by molar-refractivity contribution is 6.06. The predicted octanol–water partition coefficient (Wildman–Crippen LogP) is 3.96. The number of carbonyl (C=O) groups is 1. The monoisotopic (exact) mass is 358 g/mol. The number of furan rings is 1. The van der Waals surface area contributed by atoms with Gasteiger partial charge >= 0.3 is 0 Å². The van der Waals surface area contributed by atoms with Crippen molar-refractivity contribution in [2.75, 3.05) is 10.6 Å². The molecule has 27 heavy (non-hydrogen) atoms. The molecule has 1 aliphatic carbocycles. The van der Waals surface area contributed by atoms with Crippen LogP contribution in [0, 0.1) is 17.8 Å². The maximum Gasteiger partial charge on any atom is 0.234 e. The molecule has 1 saturated carbocycles. The Bertz CT molecular complexity index is 1150. The van der Waals surface area contributed by atoms with E-state index >= 15 is 0 Å². The summed E-state index contributed by atoms with van der Waals surface area (Å²) < 4.78 is 5.50. The van der Waals surface area contributed by atoms with Gasteiger partial charge in [-0.3, -0.25) is 4.79 Å². The van der Waals surface area contributed by atoms with Crippen molar-refractivity contribution in [3.63, 3.8) is 0 Å². The third kappa shape index (κ3) is 2.72. The minimum absolute atomic E-state index is 0.00310. The number of hydrogen-bond donors (Lipinski definition) is 2.